The van der Waals surface area contributed by atoms with Crippen molar-refractivity contribution in [2.45, 2.75) is 138 Å². The molecule has 0 fully saturated rings. The number of rotatable bonds is 15. The van der Waals surface area contributed by atoms with E-state index in [9.17, 15) is 25.5 Å². The molecule has 488 valence electrons. The first-order chi connectivity index (χ1) is 46.0. The number of aromatic hydroxyl groups is 5. The van der Waals surface area contributed by atoms with E-state index in [0.717, 1.165) is 41.7 Å². The van der Waals surface area contributed by atoms with Crippen LogP contribution in [0.4, 0.5) is 0 Å². The van der Waals surface area contributed by atoms with E-state index in [1.54, 1.807) is 60.7 Å². The molecular weight excluding hydrogens is 1270 g/mol. The quantitative estimate of drug-likeness (QED) is 0.0642. The molecule has 0 unspecified atom stereocenters. The molecule has 0 saturated heterocycles. The number of phenols is 5. The van der Waals surface area contributed by atoms with Gasteiger partial charge in [-0.1, -0.05) is 72.8 Å². The van der Waals surface area contributed by atoms with Crippen LogP contribution in [0.3, 0.4) is 0 Å². The molecule has 0 amide bonds. The first-order valence-electron chi connectivity index (χ1n) is 31.5. The summed E-state index contributed by atoms with van der Waals surface area (Å²) in [5.74, 6) is 3.91. The fourth-order valence-electron chi connectivity index (χ4n) is 9.76. The molecule has 12 aromatic carbocycles. The molecule has 12 rings (SSSR count). The lowest BCUT2D eigenvalue weighted by atomic mass is 10.2. The van der Waals surface area contributed by atoms with E-state index in [1.807, 2.05) is 78.9 Å². The minimum atomic E-state index is -0.373. The Labute approximate surface area is 578 Å². The topological polar surface area (TPSA) is 129 Å². The van der Waals surface area contributed by atoms with Crippen molar-refractivity contribution in [2.75, 3.05) is 0 Å². The summed E-state index contributed by atoms with van der Waals surface area (Å²) >= 11 is 0. The van der Waals surface area contributed by atoms with E-state index in [2.05, 4.69) is 238 Å². The van der Waals surface area contributed by atoms with Crippen molar-refractivity contribution < 1.29 is 39.7 Å². The van der Waals surface area contributed by atoms with Crippen molar-refractivity contribution >= 4 is 43.6 Å². The lowest BCUT2D eigenvalue weighted by Crippen LogP contribution is -2.23. The number of hydrogen-bond donors (Lipinski definition) is 5. The third kappa shape index (κ3) is 21.5. The van der Waals surface area contributed by atoms with E-state index in [1.165, 1.54) is 34.3 Å². The number of ether oxygens (including phenoxy) is 3. The maximum absolute atomic E-state index is 9.49. The molecule has 0 aliphatic heterocycles. The van der Waals surface area contributed by atoms with Crippen LogP contribution >= 0.6 is 0 Å². The summed E-state index contributed by atoms with van der Waals surface area (Å²) in [4.78, 5) is 14.4. The third-order valence-electron chi connectivity index (χ3n) is 13.7. The van der Waals surface area contributed by atoms with E-state index < -0.39 is 0 Å². The highest BCUT2D eigenvalue weighted by Gasteiger charge is 2.33. The first-order valence-corrected chi connectivity index (χ1v) is 36.4. The Morgan fingerprint density at radius 3 is 0.438 bits per heavy atom. The zero-order valence-electron chi connectivity index (χ0n) is 55.6. The van der Waals surface area contributed by atoms with Crippen LogP contribution < -0.4 is 14.2 Å². The molecule has 0 heterocycles. The average Bonchev–Trinajstić information content (AvgIpc) is 0.854. The number of phenolic OH excluding ortho intramolecular Hbond substituents is 5. The summed E-state index contributed by atoms with van der Waals surface area (Å²) in [5.41, 5.74) is -0.584. The van der Waals surface area contributed by atoms with Gasteiger partial charge in [0.2, 0.25) is 0 Å². The van der Waals surface area contributed by atoms with Gasteiger partial charge < -0.3 is 39.7 Å². The standard InChI is InChI=1S/C26H31O2S.C22H23OS.C18H14O3S.C18H14O2S/c1-25(2,3)27-20-12-16-23(17-13-20)29(22-10-8-7-9-11-22)24-18-14-21(15-19-24)28-26(4,5)6;1-22(2,3)23-18-14-16-21(17-15-18)24(19-10-6-4-7-11-19)20-12-8-5-9-13-20;19-13-1-7-16(8-2-13)22(17-9-3-14(20)4-10-17)18-11-5-15(21)6-12-18;19-14-6-10-17(11-7-14)21(16-4-2-1-3-5-16)18-12-8-15(20)9-13-18/h7-19H,1-6H3;4-17H,1-3H3;1-12H,(H2-,19,20,21);1-13H,(H-,19,20)/q2*+1;;/p+2. The molecule has 0 radical (unpaired) electrons. The third-order valence-corrected chi connectivity index (χ3v) is 22.7. The van der Waals surface area contributed by atoms with Crippen LogP contribution in [0.2, 0.25) is 0 Å². The smallest absolute Gasteiger partial charge is 0.166 e. The van der Waals surface area contributed by atoms with Gasteiger partial charge in [0, 0.05) is 0 Å². The van der Waals surface area contributed by atoms with Gasteiger partial charge >= 0.3 is 0 Å². The van der Waals surface area contributed by atoms with Crippen LogP contribution in [0, 0.1) is 0 Å². The largest absolute Gasteiger partial charge is 0.508 e. The molecule has 0 aliphatic carbocycles. The van der Waals surface area contributed by atoms with Crippen molar-refractivity contribution in [1.82, 2.24) is 0 Å². The predicted molar refractivity (Wildman–Crippen MR) is 395 cm³/mol. The molecule has 0 spiro atoms. The predicted octanol–water partition coefficient (Wildman–Crippen LogP) is 21.2. The first kappa shape index (κ1) is 70.7. The van der Waals surface area contributed by atoms with Crippen LogP contribution in [0.1, 0.15) is 62.3 Å². The Kier molecular flexibility index (Phi) is 24.5. The molecule has 0 saturated carbocycles. The van der Waals surface area contributed by atoms with E-state index >= 15 is 0 Å². The molecule has 96 heavy (non-hydrogen) atoms. The normalized spacial score (nSPS) is 11.3. The minimum absolute atomic E-state index is 0.102. The van der Waals surface area contributed by atoms with E-state index in [-0.39, 0.29) is 89.1 Å². The summed E-state index contributed by atoms with van der Waals surface area (Å²) in [6, 6.07) is 104. The highest BCUT2D eigenvalue weighted by Crippen LogP contribution is 2.38. The maximum Gasteiger partial charge on any atom is 0.166 e. The Bertz CT molecular complexity index is 3990. The molecular formula is C84H84O8S4+4. The Balaban J connectivity index is 0.000000151. The maximum atomic E-state index is 9.49. The highest BCUT2D eigenvalue weighted by atomic mass is 32.2. The van der Waals surface area contributed by atoms with Gasteiger partial charge in [-0.3, -0.25) is 0 Å². The Morgan fingerprint density at radius 1 is 0.177 bits per heavy atom. The minimum Gasteiger partial charge on any atom is -0.508 e. The summed E-state index contributed by atoms with van der Waals surface area (Å²) in [7, 11) is -0.916. The Morgan fingerprint density at radius 2 is 0.302 bits per heavy atom. The lowest BCUT2D eigenvalue weighted by molar-refractivity contribution is 0.130. The fourth-order valence-corrected chi connectivity index (χ4v) is 18.0. The van der Waals surface area contributed by atoms with Gasteiger partial charge in [-0.2, -0.15) is 0 Å². The van der Waals surface area contributed by atoms with Gasteiger partial charge in [0.05, 0.1) is 43.6 Å². The van der Waals surface area contributed by atoms with E-state index in [4.69, 9.17) is 14.2 Å². The van der Waals surface area contributed by atoms with Crippen molar-refractivity contribution in [1.29, 1.82) is 0 Å². The molecule has 12 heteroatoms. The molecule has 12 aromatic rings. The van der Waals surface area contributed by atoms with Crippen LogP contribution in [0.25, 0.3) is 0 Å². The molecule has 0 aliphatic rings. The molecule has 0 aromatic heterocycles. The second-order valence-corrected chi connectivity index (χ2v) is 33.1. The van der Waals surface area contributed by atoms with Crippen LogP contribution in [0.5, 0.6) is 46.0 Å². The molecule has 5 N–H and O–H groups in total. The van der Waals surface area contributed by atoms with Gasteiger partial charge in [0.15, 0.2) is 58.7 Å². The number of hydrogen-bond acceptors (Lipinski definition) is 8. The van der Waals surface area contributed by atoms with E-state index in [0.29, 0.717) is 0 Å². The van der Waals surface area contributed by atoms with Crippen molar-refractivity contribution in [3.8, 4) is 46.0 Å². The lowest BCUT2D eigenvalue weighted by Gasteiger charge is -2.21. The van der Waals surface area contributed by atoms with Crippen LogP contribution in [0.15, 0.2) is 374 Å². The molecule has 0 bridgehead atoms. The summed E-state index contributed by atoms with van der Waals surface area (Å²) < 4.78 is 17.9. The number of benzene rings is 12. The second kappa shape index (κ2) is 33.2. The monoisotopic (exact) mass is 1350 g/mol. The Hall–Kier alpha value is -9.56. The van der Waals surface area contributed by atoms with Gasteiger partial charge in [0.25, 0.3) is 0 Å². The summed E-state index contributed by atoms with van der Waals surface area (Å²) in [5, 5.41) is 47.4. The second-order valence-electron chi connectivity index (χ2n) is 25.0. The molecule has 0 atom stereocenters. The highest BCUT2D eigenvalue weighted by molar-refractivity contribution is 7.98. The van der Waals surface area contributed by atoms with Gasteiger partial charge in [-0.25, -0.2) is 0 Å². The fraction of sp³-hybridized carbons (Fsp3) is 0.143. The van der Waals surface area contributed by atoms with Gasteiger partial charge in [0.1, 0.15) is 62.8 Å². The van der Waals surface area contributed by atoms with Gasteiger partial charge in [-0.15, -0.1) is 0 Å². The average molecular weight is 1350 g/mol. The van der Waals surface area contributed by atoms with Crippen molar-refractivity contribution in [3.63, 3.8) is 0 Å². The summed E-state index contributed by atoms with van der Waals surface area (Å²) in [6.07, 6.45) is 0. The van der Waals surface area contributed by atoms with Crippen LogP contribution in [-0.2, 0) is 43.6 Å². The SMILES string of the molecule is CC(C)(C)Oc1ccc([S+](c2ccccc2)c2ccc(OC(C)(C)C)cc2)cc1.CC(C)(C)Oc1ccc([S+](c2ccccc2)c2ccccc2)cc1.Oc1ccc([S+](c2ccc(O)cc2)c2ccc(O)cc2)cc1.Oc1ccc([S+](c2ccccc2)c2ccc(O)cc2)cc1. The zero-order chi connectivity index (χ0) is 68.2. The zero-order valence-corrected chi connectivity index (χ0v) is 58.9. The summed E-state index contributed by atoms with van der Waals surface area (Å²) in [6.45, 7) is 18.6. The van der Waals surface area contributed by atoms with Crippen molar-refractivity contribution in [2.24, 2.45) is 0 Å². The van der Waals surface area contributed by atoms with Crippen LogP contribution in [-0.4, -0.2) is 42.3 Å². The molecule has 8 nitrogen and oxygen atoms in total. The van der Waals surface area contributed by atoms with Crippen molar-refractivity contribution in [3.05, 3.63) is 315 Å². The van der Waals surface area contributed by atoms with Gasteiger partial charge in [-0.05, 0) is 305 Å².